The smallest absolute Gasteiger partial charge is 0.231 e. The van der Waals surface area contributed by atoms with Crippen LogP contribution in [0.25, 0.3) is 5.69 Å². The summed E-state index contributed by atoms with van der Waals surface area (Å²) in [6, 6.07) is 12.1. The van der Waals surface area contributed by atoms with Gasteiger partial charge >= 0.3 is 0 Å². The molecule has 23 heavy (non-hydrogen) atoms. The second-order valence-electron chi connectivity index (χ2n) is 5.44. The van der Waals surface area contributed by atoms with Gasteiger partial charge in [0.1, 0.15) is 17.8 Å². The maximum Gasteiger partial charge on any atom is 0.231 e. The van der Waals surface area contributed by atoms with E-state index in [0.717, 1.165) is 16.8 Å². The van der Waals surface area contributed by atoms with E-state index >= 15 is 0 Å². The van der Waals surface area contributed by atoms with Gasteiger partial charge in [-0.05, 0) is 36.9 Å². The molecule has 3 aromatic rings. The Hall–Kier alpha value is -2.93. The fraction of sp³-hybridized carbons (Fsp3) is 0.125. The number of anilines is 2. The Bertz CT molecular complexity index is 890. The predicted molar refractivity (Wildman–Crippen MR) is 85.6 cm³/mol. The van der Waals surface area contributed by atoms with Crippen molar-refractivity contribution in [3.8, 4) is 5.69 Å². The van der Waals surface area contributed by atoms with Gasteiger partial charge in [-0.25, -0.2) is 4.39 Å². The minimum Gasteiger partial charge on any atom is -0.399 e. The first-order valence-electron chi connectivity index (χ1n) is 7.17. The van der Waals surface area contributed by atoms with E-state index in [9.17, 15) is 4.39 Å². The van der Waals surface area contributed by atoms with Gasteiger partial charge in [0, 0.05) is 11.3 Å². The minimum absolute atomic E-state index is 0.303. The molecule has 7 heteroatoms. The fourth-order valence-corrected chi connectivity index (χ4v) is 3.09. The first-order valence-corrected chi connectivity index (χ1v) is 7.17. The lowest BCUT2D eigenvalue weighted by molar-refractivity contribution is 0.479. The molecule has 0 amide bonds. The van der Waals surface area contributed by atoms with Crippen LogP contribution in [-0.4, -0.2) is 21.8 Å². The number of benzene rings is 2. The van der Waals surface area contributed by atoms with Crippen LogP contribution in [0.2, 0.25) is 0 Å². The lowest BCUT2D eigenvalue weighted by Crippen LogP contribution is -2.51. The van der Waals surface area contributed by atoms with E-state index in [1.165, 1.54) is 12.1 Å². The molecule has 0 saturated carbocycles. The molecular weight excluding hydrogens is 295 g/mol. The molecule has 1 unspecified atom stereocenters. The Morgan fingerprint density at radius 1 is 1.26 bits per heavy atom. The van der Waals surface area contributed by atoms with Gasteiger partial charge in [-0.2, -0.15) is 0 Å². The molecule has 4 rings (SSSR count). The zero-order chi connectivity index (χ0) is 16.0. The summed E-state index contributed by atoms with van der Waals surface area (Å²) in [5.41, 5.74) is 8.25. The molecule has 0 bridgehead atoms. The van der Waals surface area contributed by atoms with Gasteiger partial charge in [0.25, 0.3) is 0 Å². The molecule has 2 heterocycles. The number of nitrogen functional groups attached to an aromatic ring is 1. The number of nitrogens with one attached hydrogen (secondary N) is 2. The highest BCUT2D eigenvalue weighted by molar-refractivity contribution is 5.65. The van der Waals surface area contributed by atoms with Gasteiger partial charge in [0.2, 0.25) is 5.95 Å². The Labute approximate surface area is 132 Å². The van der Waals surface area contributed by atoms with E-state index in [0.29, 0.717) is 11.6 Å². The summed E-state index contributed by atoms with van der Waals surface area (Å²) in [5.74, 6) is 0.254. The van der Waals surface area contributed by atoms with Crippen LogP contribution in [0.1, 0.15) is 11.1 Å². The Morgan fingerprint density at radius 2 is 2.13 bits per heavy atom. The van der Waals surface area contributed by atoms with Crippen molar-refractivity contribution in [1.82, 2.24) is 20.1 Å². The van der Waals surface area contributed by atoms with Crippen LogP contribution in [0, 0.1) is 5.82 Å². The molecule has 0 saturated heterocycles. The molecule has 116 valence electrons. The third-order valence-corrected chi connectivity index (χ3v) is 4.17. The lowest BCUT2D eigenvalue weighted by atomic mass is 9.88. The largest absolute Gasteiger partial charge is 0.399 e. The van der Waals surface area contributed by atoms with Gasteiger partial charge in [-0.1, -0.05) is 18.2 Å². The van der Waals surface area contributed by atoms with Crippen LogP contribution in [0.15, 0.2) is 48.8 Å². The molecule has 4 N–H and O–H groups in total. The molecule has 1 aliphatic rings. The van der Waals surface area contributed by atoms with Gasteiger partial charge in [-0.3, -0.25) is 9.88 Å². The predicted octanol–water partition coefficient (Wildman–Crippen LogP) is 1.83. The van der Waals surface area contributed by atoms with Crippen molar-refractivity contribution < 1.29 is 4.39 Å². The summed E-state index contributed by atoms with van der Waals surface area (Å²) in [7, 11) is 1.81. The average Bonchev–Trinajstić information content (AvgIpc) is 3.02. The Kier molecular flexibility index (Phi) is 2.85. The molecule has 2 aromatic carbocycles. The Morgan fingerprint density at radius 3 is 2.91 bits per heavy atom. The van der Waals surface area contributed by atoms with E-state index in [1.807, 2.05) is 35.9 Å². The van der Waals surface area contributed by atoms with Gasteiger partial charge in [0.15, 0.2) is 0 Å². The van der Waals surface area contributed by atoms with E-state index in [2.05, 4.69) is 20.8 Å². The van der Waals surface area contributed by atoms with E-state index in [1.54, 1.807) is 12.4 Å². The van der Waals surface area contributed by atoms with Crippen molar-refractivity contribution in [3.63, 3.8) is 0 Å². The molecule has 1 aliphatic heterocycles. The Balaban J connectivity index is 2.03. The second kappa shape index (κ2) is 4.79. The minimum atomic E-state index is -0.825. The quantitative estimate of drug-likeness (QED) is 0.629. The standard InChI is InChI=1S/C16H15FN6/c1-19-16(10-3-2-4-11(17)7-10)13-6-5-12(18)8-14(13)23-9-20-22-15(23)21-16/h2-9,19H,18H2,1H3,(H,21,22). The highest BCUT2D eigenvalue weighted by Gasteiger charge is 2.40. The molecule has 0 radical (unpaired) electrons. The van der Waals surface area contributed by atoms with Crippen LogP contribution in [0.3, 0.4) is 0 Å². The summed E-state index contributed by atoms with van der Waals surface area (Å²) >= 11 is 0. The van der Waals surface area contributed by atoms with Crippen LogP contribution < -0.4 is 16.4 Å². The summed E-state index contributed by atoms with van der Waals surface area (Å²) in [6.07, 6.45) is 1.62. The highest BCUT2D eigenvalue weighted by atomic mass is 19.1. The van der Waals surface area contributed by atoms with Gasteiger partial charge in [0.05, 0.1) is 5.69 Å². The van der Waals surface area contributed by atoms with Crippen LogP contribution in [0.4, 0.5) is 16.0 Å². The maximum atomic E-state index is 13.8. The van der Waals surface area contributed by atoms with Crippen molar-refractivity contribution in [3.05, 3.63) is 65.7 Å². The lowest BCUT2D eigenvalue weighted by Gasteiger charge is -2.40. The van der Waals surface area contributed by atoms with Crippen LogP contribution in [0.5, 0.6) is 0 Å². The maximum absolute atomic E-state index is 13.8. The molecule has 0 aliphatic carbocycles. The fourth-order valence-electron chi connectivity index (χ4n) is 3.09. The average molecular weight is 310 g/mol. The SMILES string of the molecule is CNC1(c2cccc(F)c2)Nc2nncn2-c2cc(N)ccc21. The topological polar surface area (TPSA) is 80.8 Å². The summed E-state index contributed by atoms with van der Waals surface area (Å²) in [6.45, 7) is 0. The molecule has 0 spiro atoms. The van der Waals surface area contributed by atoms with Gasteiger partial charge in [-0.15, -0.1) is 10.2 Å². The van der Waals surface area contributed by atoms with E-state index in [-0.39, 0.29) is 5.82 Å². The van der Waals surface area contributed by atoms with Crippen molar-refractivity contribution in [2.45, 2.75) is 5.66 Å². The number of hydrogen-bond donors (Lipinski definition) is 3. The van der Waals surface area contributed by atoms with Crippen molar-refractivity contribution >= 4 is 11.6 Å². The van der Waals surface area contributed by atoms with E-state index in [4.69, 9.17) is 5.73 Å². The summed E-state index contributed by atoms with van der Waals surface area (Å²) < 4.78 is 15.6. The second-order valence-corrected chi connectivity index (χ2v) is 5.44. The summed E-state index contributed by atoms with van der Waals surface area (Å²) in [5, 5.41) is 14.7. The van der Waals surface area contributed by atoms with Crippen molar-refractivity contribution in [1.29, 1.82) is 0 Å². The normalized spacial score (nSPS) is 18.9. The van der Waals surface area contributed by atoms with Crippen LogP contribution >= 0.6 is 0 Å². The zero-order valence-electron chi connectivity index (χ0n) is 12.4. The number of aromatic nitrogens is 3. The number of nitrogens with two attached hydrogens (primary N) is 1. The number of fused-ring (bicyclic) bond motifs is 3. The molecule has 1 atom stereocenters. The van der Waals surface area contributed by atoms with Crippen molar-refractivity contribution in [2.24, 2.45) is 0 Å². The number of halogens is 1. The molecule has 6 nitrogen and oxygen atoms in total. The third kappa shape index (κ3) is 1.90. The highest BCUT2D eigenvalue weighted by Crippen LogP contribution is 2.39. The molecule has 0 fully saturated rings. The first-order chi connectivity index (χ1) is 11.1. The monoisotopic (exact) mass is 310 g/mol. The molecular formula is C16H15FN6. The third-order valence-electron chi connectivity index (χ3n) is 4.17. The number of nitrogens with zero attached hydrogens (tertiary/aromatic N) is 3. The van der Waals surface area contributed by atoms with Gasteiger partial charge < -0.3 is 11.1 Å². The van der Waals surface area contributed by atoms with Crippen LogP contribution in [-0.2, 0) is 5.66 Å². The van der Waals surface area contributed by atoms with Crippen molar-refractivity contribution in [2.75, 3.05) is 18.1 Å². The number of rotatable bonds is 2. The summed E-state index contributed by atoms with van der Waals surface area (Å²) in [4.78, 5) is 0. The molecule has 1 aromatic heterocycles. The first kappa shape index (κ1) is 13.7. The zero-order valence-corrected chi connectivity index (χ0v) is 12.4. The number of hydrogen-bond acceptors (Lipinski definition) is 5. The van der Waals surface area contributed by atoms with E-state index < -0.39 is 5.66 Å².